The topological polar surface area (TPSA) is 57.7 Å². The zero-order valence-electron chi connectivity index (χ0n) is 15.7. The Balaban J connectivity index is 1.41. The lowest BCUT2D eigenvalue weighted by Gasteiger charge is -2.34. The molecule has 0 N–H and O–H groups in total. The highest BCUT2D eigenvalue weighted by Gasteiger charge is 2.47. The second kappa shape index (κ2) is 7.86. The molecule has 5 nitrogen and oxygen atoms in total. The van der Waals surface area contributed by atoms with Crippen molar-refractivity contribution < 1.29 is 26.4 Å². The number of sulfonamides is 1. The highest BCUT2D eigenvalue weighted by molar-refractivity contribution is 7.89. The van der Waals surface area contributed by atoms with E-state index in [4.69, 9.17) is 11.6 Å². The van der Waals surface area contributed by atoms with Gasteiger partial charge in [0.25, 0.3) is 0 Å². The Kier molecular flexibility index (Phi) is 5.54. The maximum absolute atomic E-state index is 14.0. The van der Waals surface area contributed by atoms with E-state index in [-0.39, 0.29) is 43.9 Å². The van der Waals surface area contributed by atoms with Gasteiger partial charge in [0.15, 0.2) is 17.5 Å². The molecule has 10 heteroatoms. The minimum Gasteiger partial charge on any atom is -0.340 e. The van der Waals surface area contributed by atoms with Gasteiger partial charge < -0.3 is 4.90 Å². The van der Waals surface area contributed by atoms with Crippen molar-refractivity contribution in [1.82, 2.24) is 9.21 Å². The van der Waals surface area contributed by atoms with Crippen LogP contribution in [0.3, 0.4) is 0 Å². The number of piperazine rings is 1. The average molecular weight is 459 g/mol. The summed E-state index contributed by atoms with van der Waals surface area (Å²) < 4.78 is 66.8. The van der Waals surface area contributed by atoms with Crippen LogP contribution in [0.25, 0.3) is 0 Å². The molecule has 1 saturated heterocycles. The van der Waals surface area contributed by atoms with Crippen LogP contribution in [-0.4, -0.2) is 49.7 Å². The number of hydrogen-bond acceptors (Lipinski definition) is 3. The molecule has 1 heterocycles. The molecule has 1 aliphatic carbocycles. The second-order valence-electron chi connectivity index (χ2n) is 7.37. The normalized spacial score (nSPS) is 22.2. The van der Waals surface area contributed by atoms with Gasteiger partial charge in [-0.2, -0.15) is 4.31 Å². The van der Waals surface area contributed by atoms with E-state index >= 15 is 0 Å². The smallest absolute Gasteiger partial charge is 0.246 e. The van der Waals surface area contributed by atoms with E-state index in [2.05, 4.69) is 0 Å². The maximum Gasteiger partial charge on any atom is 0.246 e. The molecular weight excluding hydrogens is 441 g/mol. The fourth-order valence-corrected chi connectivity index (χ4v) is 5.57. The van der Waals surface area contributed by atoms with E-state index in [0.717, 1.165) is 9.87 Å². The van der Waals surface area contributed by atoms with Gasteiger partial charge in [-0.05, 0) is 36.1 Å². The zero-order chi connectivity index (χ0) is 21.6. The number of rotatable bonds is 4. The minimum absolute atomic E-state index is 0.0456. The van der Waals surface area contributed by atoms with Gasteiger partial charge in [-0.1, -0.05) is 29.8 Å². The predicted octanol–water partition coefficient (Wildman–Crippen LogP) is 3.39. The fourth-order valence-electron chi connectivity index (χ4n) is 3.82. The van der Waals surface area contributed by atoms with E-state index < -0.39 is 32.4 Å². The molecule has 30 heavy (non-hydrogen) atoms. The van der Waals surface area contributed by atoms with Gasteiger partial charge in [-0.3, -0.25) is 4.79 Å². The summed E-state index contributed by atoms with van der Waals surface area (Å²) in [4.78, 5) is 13.4. The van der Waals surface area contributed by atoms with Crippen molar-refractivity contribution in [3.05, 3.63) is 64.4 Å². The molecule has 160 valence electrons. The summed E-state index contributed by atoms with van der Waals surface area (Å²) in [5.74, 6) is -5.26. The molecule has 2 aliphatic rings. The van der Waals surface area contributed by atoms with Gasteiger partial charge in [-0.15, -0.1) is 0 Å². The Labute approximate surface area is 177 Å². The van der Waals surface area contributed by atoms with E-state index in [0.29, 0.717) is 23.6 Å². The number of halogens is 4. The Hall–Kier alpha value is -2.10. The molecule has 0 bridgehead atoms. The van der Waals surface area contributed by atoms with Gasteiger partial charge in [0.2, 0.25) is 15.9 Å². The summed E-state index contributed by atoms with van der Waals surface area (Å²) in [5.41, 5.74) is 0.924. The Morgan fingerprint density at radius 3 is 2.30 bits per heavy atom. The van der Waals surface area contributed by atoms with Crippen LogP contribution in [0.1, 0.15) is 17.9 Å². The Bertz CT molecular complexity index is 1100. The molecule has 1 amide bonds. The largest absolute Gasteiger partial charge is 0.340 e. The van der Waals surface area contributed by atoms with Gasteiger partial charge >= 0.3 is 0 Å². The molecule has 2 aromatic carbocycles. The number of nitrogens with zero attached hydrogens (tertiary/aromatic N) is 2. The van der Waals surface area contributed by atoms with Crippen LogP contribution in [-0.2, 0) is 14.8 Å². The number of carbonyl (C=O) groups is 1. The van der Waals surface area contributed by atoms with Crippen molar-refractivity contribution in [2.24, 2.45) is 5.92 Å². The summed E-state index contributed by atoms with van der Waals surface area (Å²) in [7, 11) is -4.35. The molecular formula is C20H18ClF3N2O3S. The first-order valence-corrected chi connectivity index (χ1v) is 11.2. The molecule has 0 radical (unpaired) electrons. The molecule has 1 aliphatic heterocycles. The molecule has 0 aromatic heterocycles. The molecule has 0 spiro atoms. The molecule has 2 unspecified atom stereocenters. The van der Waals surface area contributed by atoms with Crippen molar-refractivity contribution in [1.29, 1.82) is 0 Å². The van der Waals surface area contributed by atoms with E-state index in [9.17, 15) is 26.4 Å². The maximum atomic E-state index is 14.0. The van der Waals surface area contributed by atoms with Crippen LogP contribution < -0.4 is 0 Å². The zero-order valence-corrected chi connectivity index (χ0v) is 17.3. The van der Waals surface area contributed by atoms with Crippen molar-refractivity contribution in [2.45, 2.75) is 17.2 Å². The van der Waals surface area contributed by atoms with Crippen LogP contribution in [0.15, 0.2) is 41.3 Å². The van der Waals surface area contributed by atoms with Gasteiger partial charge in [-0.25, -0.2) is 21.6 Å². The molecule has 2 atom stereocenters. The summed E-state index contributed by atoms with van der Waals surface area (Å²) in [6.45, 7) is 0.149. The van der Waals surface area contributed by atoms with Crippen molar-refractivity contribution >= 4 is 27.5 Å². The fraction of sp³-hybridized carbons (Fsp3) is 0.350. The number of carbonyl (C=O) groups excluding carboxylic acids is 1. The summed E-state index contributed by atoms with van der Waals surface area (Å²) in [6, 6.07) is 8.63. The predicted molar refractivity (Wildman–Crippen MR) is 104 cm³/mol. The lowest BCUT2D eigenvalue weighted by atomic mass is 10.1. The van der Waals surface area contributed by atoms with Crippen molar-refractivity contribution in [2.75, 3.05) is 26.2 Å². The quantitative estimate of drug-likeness (QED) is 0.660. The average Bonchev–Trinajstić information content (AvgIpc) is 3.52. The monoisotopic (exact) mass is 458 g/mol. The Morgan fingerprint density at radius 2 is 1.63 bits per heavy atom. The van der Waals surface area contributed by atoms with Crippen LogP contribution >= 0.6 is 11.6 Å². The first-order chi connectivity index (χ1) is 14.2. The highest BCUT2D eigenvalue weighted by Crippen LogP contribution is 2.50. The molecule has 4 rings (SSSR count). The second-order valence-corrected chi connectivity index (χ2v) is 9.69. The van der Waals surface area contributed by atoms with Gasteiger partial charge in [0.05, 0.1) is 0 Å². The van der Waals surface area contributed by atoms with E-state index in [1.165, 1.54) is 0 Å². The molecule has 2 aromatic rings. The van der Waals surface area contributed by atoms with E-state index in [1.54, 1.807) is 11.0 Å². The third kappa shape index (κ3) is 3.70. The standard InChI is InChI=1S/C20H18ClF3N2O3S/c21-15-4-2-1-3-12(15)13-11-14(13)20(27)25-7-9-26(10-8-25)30(28,29)17-6-5-16(22)18(23)19(17)24/h1-6,13-14H,7-11H2. The van der Waals surface area contributed by atoms with Crippen LogP contribution in [0.2, 0.25) is 5.02 Å². The summed E-state index contributed by atoms with van der Waals surface area (Å²) in [5, 5.41) is 0.613. The molecule has 2 fully saturated rings. The first kappa shape index (κ1) is 21.1. The number of amides is 1. The van der Waals surface area contributed by atoms with Crippen LogP contribution in [0, 0.1) is 23.4 Å². The number of hydrogen-bond donors (Lipinski definition) is 0. The summed E-state index contributed by atoms with van der Waals surface area (Å²) >= 11 is 6.20. The lowest BCUT2D eigenvalue weighted by Crippen LogP contribution is -2.51. The van der Waals surface area contributed by atoms with Gasteiger partial charge in [0, 0.05) is 37.1 Å². The van der Waals surface area contributed by atoms with Crippen LogP contribution in [0.5, 0.6) is 0 Å². The third-order valence-electron chi connectivity index (χ3n) is 5.58. The lowest BCUT2D eigenvalue weighted by molar-refractivity contribution is -0.133. The Morgan fingerprint density at radius 1 is 0.967 bits per heavy atom. The highest BCUT2D eigenvalue weighted by atomic mass is 35.5. The molecule has 1 saturated carbocycles. The SMILES string of the molecule is O=C(C1CC1c1ccccc1Cl)N1CCN(S(=O)(=O)c2ccc(F)c(F)c2F)CC1. The van der Waals surface area contributed by atoms with Crippen molar-refractivity contribution in [3.63, 3.8) is 0 Å². The minimum atomic E-state index is -4.35. The first-order valence-electron chi connectivity index (χ1n) is 9.38. The van der Waals surface area contributed by atoms with Gasteiger partial charge in [0.1, 0.15) is 4.90 Å². The van der Waals surface area contributed by atoms with E-state index in [1.807, 2.05) is 18.2 Å². The summed E-state index contributed by atoms with van der Waals surface area (Å²) in [6.07, 6.45) is 0.682. The third-order valence-corrected chi connectivity index (χ3v) is 7.84. The van der Waals surface area contributed by atoms with Crippen molar-refractivity contribution in [3.8, 4) is 0 Å². The van der Waals surface area contributed by atoms with Crippen LogP contribution in [0.4, 0.5) is 13.2 Å². The number of benzene rings is 2.